The first-order chi connectivity index (χ1) is 6.65. The number of ether oxygens (including phenoxy) is 2. The maximum absolute atomic E-state index is 11.4. The zero-order valence-electron chi connectivity index (χ0n) is 8.86. The summed E-state index contributed by atoms with van der Waals surface area (Å²) in [5.74, 6) is 0.0569. The topological polar surface area (TPSA) is 61.5 Å². The summed E-state index contributed by atoms with van der Waals surface area (Å²) in [6.45, 7) is 4.80. The van der Waals surface area contributed by atoms with E-state index in [1.54, 1.807) is 0 Å². The summed E-state index contributed by atoms with van der Waals surface area (Å²) < 4.78 is 10.3. The van der Waals surface area contributed by atoms with E-state index < -0.39 is 6.04 Å². The van der Waals surface area contributed by atoms with Gasteiger partial charge in [0.05, 0.1) is 6.61 Å². The summed E-state index contributed by atoms with van der Waals surface area (Å²) in [6, 6.07) is -0.431. The fourth-order valence-corrected chi connectivity index (χ4v) is 1.24. The smallest absolute Gasteiger partial charge is 0.323 e. The molecule has 0 bridgehead atoms. The van der Waals surface area contributed by atoms with E-state index in [2.05, 4.69) is 0 Å². The largest absolute Gasteiger partial charge is 0.459 e. The molecule has 0 heterocycles. The van der Waals surface area contributed by atoms with E-state index in [9.17, 15) is 4.79 Å². The molecule has 1 aliphatic carbocycles. The molecule has 0 radical (unpaired) electrons. The molecule has 0 aromatic carbocycles. The second-order valence-corrected chi connectivity index (χ2v) is 3.77. The van der Waals surface area contributed by atoms with Gasteiger partial charge in [0.1, 0.15) is 12.1 Å². The number of hydrogen-bond donors (Lipinski definition) is 1. The lowest BCUT2D eigenvalue weighted by Crippen LogP contribution is -2.37. The van der Waals surface area contributed by atoms with Crippen LogP contribution in [0.4, 0.5) is 0 Å². The number of rotatable bonds is 6. The summed E-state index contributed by atoms with van der Waals surface area (Å²) >= 11 is 0. The average Bonchev–Trinajstić information content (AvgIpc) is 2.96. The highest BCUT2D eigenvalue weighted by atomic mass is 16.6. The van der Waals surface area contributed by atoms with Gasteiger partial charge < -0.3 is 15.2 Å². The van der Waals surface area contributed by atoms with Crippen molar-refractivity contribution in [3.8, 4) is 0 Å². The Kier molecular flexibility index (Phi) is 4.35. The van der Waals surface area contributed by atoms with Crippen molar-refractivity contribution in [3.05, 3.63) is 0 Å². The molecule has 2 atom stereocenters. The number of nitrogens with two attached hydrogens (primary N) is 1. The molecule has 2 unspecified atom stereocenters. The van der Waals surface area contributed by atoms with Crippen LogP contribution in [0, 0.1) is 5.92 Å². The van der Waals surface area contributed by atoms with Crippen molar-refractivity contribution < 1.29 is 14.3 Å². The monoisotopic (exact) mass is 201 g/mol. The Bertz CT molecular complexity index is 192. The van der Waals surface area contributed by atoms with Gasteiger partial charge in [-0.05, 0) is 32.6 Å². The quantitative estimate of drug-likeness (QED) is 0.642. The summed E-state index contributed by atoms with van der Waals surface area (Å²) in [5, 5.41) is 0. The molecule has 2 N–H and O–H groups in total. The Labute approximate surface area is 84.7 Å². The van der Waals surface area contributed by atoms with Crippen LogP contribution in [0.25, 0.3) is 0 Å². The third-order valence-electron chi connectivity index (χ3n) is 2.28. The molecule has 1 saturated carbocycles. The highest BCUT2D eigenvalue weighted by Gasteiger charge is 2.34. The van der Waals surface area contributed by atoms with Crippen LogP contribution in [0.5, 0.6) is 0 Å². The van der Waals surface area contributed by atoms with Gasteiger partial charge in [-0.25, -0.2) is 0 Å². The van der Waals surface area contributed by atoms with E-state index in [0.29, 0.717) is 19.1 Å². The Hall–Kier alpha value is -0.610. The molecule has 1 fully saturated rings. The fraction of sp³-hybridized carbons (Fsp3) is 0.900. The lowest BCUT2D eigenvalue weighted by atomic mass is 10.2. The number of esters is 1. The van der Waals surface area contributed by atoms with Gasteiger partial charge in [-0.3, -0.25) is 4.79 Å². The molecule has 0 aliphatic heterocycles. The third-order valence-corrected chi connectivity index (χ3v) is 2.28. The Balaban J connectivity index is 2.17. The van der Waals surface area contributed by atoms with Gasteiger partial charge in [-0.15, -0.1) is 0 Å². The molecule has 1 rings (SSSR count). The van der Waals surface area contributed by atoms with Gasteiger partial charge in [-0.2, -0.15) is 0 Å². The Morgan fingerprint density at radius 2 is 2.21 bits per heavy atom. The zero-order valence-corrected chi connectivity index (χ0v) is 8.86. The van der Waals surface area contributed by atoms with Crippen molar-refractivity contribution in [2.45, 2.75) is 38.8 Å². The van der Waals surface area contributed by atoms with Crippen LogP contribution in [0.2, 0.25) is 0 Å². The lowest BCUT2D eigenvalue weighted by Gasteiger charge is -2.16. The highest BCUT2D eigenvalue weighted by molar-refractivity contribution is 5.76. The van der Waals surface area contributed by atoms with Crippen molar-refractivity contribution in [2.75, 3.05) is 13.2 Å². The van der Waals surface area contributed by atoms with Crippen molar-refractivity contribution in [3.63, 3.8) is 0 Å². The van der Waals surface area contributed by atoms with Crippen LogP contribution < -0.4 is 5.73 Å². The minimum atomic E-state index is -0.431. The maximum Gasteiger partial charge on any atom is 0.323 e. The molecule has 0 aromatic heterocycles. The standard InChI is InChI=1S/C10H19NO3/c1-3-13-6-7(2)14-10(12)9(11)8-4-5-8/h7-9H,3-6,11H2,1-2H3. The first-order valence-corrected chi connectivity index (χ1v) is 5.19. The van der Waals surface area contributed by atoms with E-state index in [4.69, 9.17) is 15.2 Å². The maximum atomic E-state index is 11.4. The molecule has 14 heavy (non-hydrogen) atoms. The summed E-state index contributed by atoms with van der Waals surface area (Å²) in [4.78, 5) is 11.4. The fourth-order valence-electron chi connectivity index (χ4n) is 1.24. The second kappa shape index (κ2) is 5.32. The third kappa shape index (κ3) is 3.64. The van der Waals surface area contributed by atoms with E-state index in [1.165, 1.54) is 0 Å². The van der Waals surface area contributed by atoms with Crippen LogP contribution in [0.3, 0.4) is 0 Å². The molecule has 1 aliphatic rings. The van der Waals surface area contributed by atoms with Crippen LogP contribution in [-0.4, -0.2) is 31.3 Å². The molecule has 0 spiro atoms. The van der Waals surface area contributed by atoms with Gasteiger partial charge in [0, 0.05) is 6.61 Å². The van der Waals surface area contributed by atoms with Gasteiger partial charge in [-0.1, -0.05) is 0 Å². The van der Waals surface area contributed by atoms with Gasteiger partial charge in [0.15, 0.2) is 0 Å². The Morgan fingerprint density at radius 1 is 1.57 bits per heavy atom. The SMILES string of the molecule is CCOCC(C)OC(=O)C(N)C1CC1. The normalized spacial score (nSPS) is 20.2. The molecule has 0 aromatic rings. The minimum Gasteiger partial charge on any atom is -0.459 e. The molecule has 4 heteroatoms. The van der Waals surface area contributed by atoms with Crippen molar-refractivity contribution in [1.82, 2.24) is 0 Å². The number of hydrogen-bond acceptors (Lipinski definition) is 4. The van der Waals surface area contributed by atoms with E-state index in [-0.39, 0.29) is 12.1 Å². The first kappa shape index (κ1) is 11.5. The summed E-state index contributed by atoms with van der Waals surface area (Å²) in [5.41, 5.74) is 5.68. The van der Waals surface area contributed by atoms with E-state index >= 15 is 0 Å². The van der Waals surface area contributed by atoms with Crippen molar-refractivity contribution in [2.24, 2.45) is 11.7 Å². The summed E-state index contributed by atoms with van der Waals surface area (Å²) in [7, 11) is 0. The highest BCUT2D eigenvalue weighted by Crippen LogP contribution is 2.32. The van der Waals surface area contributed by atoms with Gasteiger partial charge >= 0.3 is 5.97 Å². The molecule has 82 valence electrons. The molecule has 0 saturated heterocycles. The average molecular weight is 201 g/mol. The van der Waals surface area contributed by atoms with E-state index in [1.807, 2.05) is 13.8 Å². The van der Waals surface area contributed by atoms with Crippen LogP contribution in [0.15, 0.2) is 0 Å². The van der Waals surface area contributed by atoms with Crippen molar-refractivity contribution >= 4 is 5.97 Å². The molecule has 0 amide bonds. The predicted molar refractivity (Wildman–Crippen MR) is 52.7 cm³/mol. The molecular weight excluding hydrogens is 182 g/mol. The molecular formula is C10H19NO3. The van der Waals surface area contributed by atoms with Gasteiger partial charge in [0.2, 0.25) is 0 Å². The lowest BCUT2D eigenvalue weighted by molar-refractivity contribution is -0.153. The zero-order chi connectivity index (χ0) is 10.6. The van der Waals surface area contributed by atoms with Crippen LogP contribution in [0.1, 0.15) is 26.7 Å². The second-order valence-electron chi connectivity index (χ2n) is 3.77. The van der Waals surface area contributed by atoms with Crippen LogP contribution in [-0.2, 0) is 14.3 Å². The van der Waals surface area contributed by atoms with Crippen LogP contribution >= 0.6 is 0 Å². The Morgan fingerprint density at radius 3 is 2.71 bits per heavy atom. The van der Waals surface area contributed by atoms with E-state index in [0.717, 1.165) is 12.8 Å². The predicted octanol–water partition coefficient (Wildman–Crippen LogP) is 0.692. The van der Waals surface area contributed by atoms with Gasteiger partial charge in [0.25, 0.3) is 0 Å². The van der Waals surface area contributed by atoms with Crippen molar-refractivity contribution in [1.29, 1.82) is 0 Å². The first-order valence-electron chi connectivity index (χ1n) is 5.19. The number of carbonyl (C=O) groups is 1. The minimum absolute atomic E-state index is 0.202. The molecule has 4 nitrogen and oxygen atoms in total. The number of carbonyl (C=O) groups excluding carboxylic acids is 1. The summed E-state index contributed by atoms with van der Waals surface area (Å²) in [6.07, 6.45) is 1.90.